The molecule has 0 fully saturated rings. The lowest BCUT2D eigenvalue weighted by molar-refractivity contribution is -0.131. The van der Waals surface area contributed by atoms with Crippen molar-refractivity contribution in [2.75, 3.05) is 0 Å². The van der Waals surface area contributed by atoms with Crippen LogP contribution >= 0.6 is 0 Å². The van der Waals surface area contributed by atoms with Crippen LogP contribution in [0.2, 0.25) is 0 Å². The van der Waals surface area contributed by atoms with Gasteiger partial charge >= 0.3 is 6.09 Å². The van der Waals surface area contributed by atoms with Crippen LogP contribution in [-0.4, -0.2) is 34.9 Å². The minimum Gasteiger partial charge on any atom is -0.445 e. The number of nitrogens with one attached hydrogen (secondary N) is 1. The lowest BCUT2D eigenvalue weighted by Gasteiger charge is -2.35. The van der Waals surface area contributed by atoms with Crippen LogP contribution in [0.1, 0.15) is 48.6 Å². The van der Waals surface area contributed by atoms with E-state index >= 15 is 0 Å². The first-order valence-corrected chi connectivity index (χ1v) is 12.8. The number of hydrogen-bond acceptors (Lipinski definition) is 4. The van der Waals surface area contributed by atoms with E-state index in [0.717, 1.165) is 22.3 Å². The minimum absolute atomic E-state index is 0.00564. The Morgan fingerprint density at radius 2 is 1.55 bits per heavy atom. The second-order valence-corrected chi connectivity index (χ2v) is 10.8. The minimum atomic E-state index is -0.914. The molecule has 1 aliphatic rings. The standard InChI is InChI=1S/C31H35N3O4/c1-31(2,3)25-15-13-21(14-16-25)17-26(28(32)35)33-29(36)27-18-23-11-7-8-12-24(23)19-34(27)30(37)38-20-22-9-5-4-6-10-22/h4-16,26-27H,17-20H2,1-3H3,(H2,32,35)(H,33,36)/t26-,27-/m0/s1. The number of primary amides is 1. The molecule has 7 nitrogen and oxygen atoms in total. The average Bonchev–Trinajstić information content (AvgIpc) is 2.90. The highest BCUT2D eigenvalue weighted by molar-refractivity contribution is 5.91. The number of nitrogens with zero attached hydrogens (tertiary/aromatic N) is 1. The summed E-state index contributed by atoms with van der Waals surface area (Å²) in [5.41, 5.74) is 10.5. The number of rotatable bonds is 7. The third kappa shape index (κ3) is 6.59. The van der Waals surface area contributed by atoms with Crippen molar-refractivity contribution in [1.82, 2.24) is 10.2 Å². The van der Waals surface area contributed by atoms with Gasteiger partial charge in [-0.25, -0.2) is 4.79 Å². The summed E-state index contributed by atoms with van der Waals surface area (Å²) in [7, 11) is 0. The van der Waals surface area contributed by atoms with E-state index in [1.807, 2.05) is 78.9 Å². The highest BCUT2D eigenvalue weighted by atomic mass is 16.6. The maximum atomic E-state index is 13.5. The maximum Gasteiger partial charge on any atom is 0.411 e. The third-order valence-corrected chi connectivity index (χ3v) is 6.91. The van der Waals surface area contributed by atoms with Gasteiger partial charge < -0.3 is 15.8 Å². The van der Waals surface area contributed by atoms with Crippen LogP contribution in [0.15, 0.2) is 78.9 Å². The zero-order valence-electron chi connectivity index (χ0n) is 22.1. The monoisotopic (exact) mass is 513 g/mol. The number of fused-ring (bicyclic) bond motifs is 1. The molecule has 198 valence electrons. The van der Waals surface area contributed by atoms with Crippen molar-refractivity contribution in [3.63, 3.8) is 0 Å². The van der Waals surface area contributed by atoms with Gasteiger partial charge in [0.2, 0.25) is 11.8 Å². The number of carbonyl (C=O) groups is 3. The molecule has 0 bridgehead atoms. The molecule has 0 saturated heterocycles. The molecular formula is C31H35N3O4. The number of hydrogen-bond donors (Lipinski definition) is 2. The summed E-state index contributed by atoms with van der Waals surface area (Å²) >= 11 is 0. The molecule has 0 radical (unpaired) electrons. The second-order valence-electron chi connectivity index (χ2n) is 10.8. The zero-order valence-corrected chi connectivity index (χ0v) is 22.1. The summed E-state index contributed by atoms with van der Waals surface area (Å²) in [5.74, 6) is -1.07. The van der Waals surface area contributed by atoms with Crippen molar-refractivity contribution in [2.24, 2.45) is 5.73 Å². The van der Waals surface area contributed by atoms with Crippen LogP contribution in [0.3, 0.4) is 0 Å². The zero-order chi connectivity index (χ0) is 27.3. The molecule has 7 heteroatoms. The Hall–Kier alpha value is -4.13. The van der Waals surface area contributed by atoms with Crippen molar-refractivity contribution in [1.29, 1.82) is 0 Å². The van der Waals surface area contributed by atoms with Crippen LogP contribution < -0.4 is 11.1 Å². The molecule has 2 atom stereocenters. The number of benzene rings is 3. The van der Waals surface area contributed by atoms with Crippen molar-refractivity contribution < 1.29 is 19.1 Å². The molecule has 0 saturated carbocycles. The van der Waals surface area contributed by atoms with Gasteiger partial charge in [0.15, 0.2) is 0 Å². The second kappa shape index (κ2) is 11.5. The summed E-state index contributed by atoms with van der Waals surface area (Å²) in [5, 5.41) is 2.81. The number of ether oxygens (including phenoxy) is 1. The van der Waals surface area contributed by atoms with E-state index in [2.05, 4.69) is 26.1 Å². The molecule has 3 aromatic carbocycles. The highest BCUT2D eigenvalue weighted by Gasteiger charge is 2.37. The van der Waals surface area contributed by atoms with Gasteiger partial charge in [-0.1, -0.05) is 99.6 Å². The largest absolute Gasteiger partial charge is 0.445 e. The Kier molecular flexibility index (Phi) is 8.15. The molecule has 0 aliphatic carbocycles. The van der Waals surface area contributed by atoms with Gasteiger partial charge in [-0.3, -0.25) is 14.5 Å². The Labute approximate surface area is 224 Å². The van der Waals surface area contributed by atoms with Crippen molar-refractivity contribution in [2.45, 2.75) is 64.3 Å². The fourth-order valence-electron chi connectivity index (χ4n) is 4.62. The van der Waals surface area contributed by atoms with Crippen molar-refractivity contribution in [3.8, 4) is 0 Å². The summed E-state index contributed by atoms with van der Waals surface area (Å²) in [6.45, 7) is 6.73. The van der Waals surface area contributed by atoms with Crippen LogP contribution in [-0.2, 0) is 45.7 Å². The molecule has 3 aromatic rings. The normalized spacial score (nSPS) is 15.8. The van der Waals surface area contributed by atoms with Gasteiger partial charge in [0.05, 0.1) is 6.54 Å². The topological polar surface area (TPSA) is 102 Å². The average molecular weight is 514 g/mol. The Morgan fingerprint density at radius 3 is 2.18 bits per heavy atom. The van der Waals surface area contributed by atoms with Crippen molar-refractivity contribution >= 4 is 17.9 Å². The quantitative estimate of drug-likeness (QED) is 0.493. The lowest BCUT2D eigenvalue weighted by Crippen LogP contribution is -2.56. The van der Waals surface area contributed by atoms with E-state index in [1.54, 1.807) is 0 Å². The van der Waals surface area contributed by atoms with E-state index in [4.69, 9.17) is 10.5 Å². The molecule has 4 rings (SSSR count). The smallest absolute Gasteiger partial charge is 0.411 e. The molecule has 38 heavy (non-hydrogen) atoms. The van der Waals surface area contributed by atoms with E-state index in [9.17, 15) is 14.4 Å². The number of amides is 3. The maximum absolute atomic E-state index is 13.5. The van der Waals surface area contributed by atoms with E-state index in [0.29, 0.717) is 6.42 Å². The fourth-order valence-corrected chi connectivity index (χ4v) is 4.62. The van der Waals surface area contributed by atoms with Gasteiger partial charge in [0.1, 0.15) is 18.7 Å². The highest BCUT2D eigenvalue weighted by Crippen LogP contribution is 2.25. The molecule has 0 aromatic heterocycles. The van der Waals surface area contributed by atoms with Gasteiger partial charge in [-0.15, -0.1) is 0 Å². The number of nitrogens with two attached hydrogens (primary N) is 1. The van der Waals surface area contributed by atoms with Crippen LogP contribution in [0.4, 0.5) is 4.79 Å². The van der Waals surface area contributed by atoms with E-state index in [1.165, 1.54) is 10.5 Å². The Balaban J connectivity index is 1.50. The first-order chi connectivity index (χ1) is 18.1. The molecule has 1 heterocycles. The molecule has 0 spiro atoms. The predicted molar refractivity (Wildman–Crippen MR) is 146 cm³/mol. The van der Waals surface area contributed by atoms with Gasteiger partial charge in [-0.05, 0) is 33.2 Å². The van der Waals surface area contributed by atoms with Crippen LogP contribution in [0, 0.1) is 0 Å². The third-order valence-electron chi connectivity index (χ3n) is 6.91. The summed E-state index contributed by atoms with van der Waals surface area (Å²) in [6.07, 6.45) is -0.0153. The van der Waals surface area contributed by atoms with Crippen LogP contribution in [0.5, 0.6) is 0 Å². The molecule has 3 N–H and O–H groups in total. The number of carbonyl (C=O) groups excluding carboxylic acids is 3. The Morgan fingerprint density at radius 1 is 0.921 bits per heavy atom. The SMILES string of the molecule is CC(C)(C)c1ccc(C[C@H](NC(=O)[C@@H]2Cc3ccccc3CN2C(=O)OCc2ccccc2)C(N)=O)cc1. The fraction of sp³-hybridized carbons (Fsp3) is 0.323. The van der Waals surface area contributed by atoms with Crippen LogP contribution in [0.25, 0.3) is 0 Å². The van der Waals surface area contributed by atoms with Gasteiger partial charge in [-0.2, -0.15) is 0 Å². The van der Waals surface area contributed by atoms with Gasteiger partial charge in [0.25, 0.3) is 0 Å². The first kappa shape index (κ1) is 26.9. The van der Waals surface area contributed by atoms with Crippen molar-refractivity contribution in [3.05, 3.63) is 107 Å². The summed E-state index contributed by atoms with van der Waals surface area (Å²) in [6, 6.07) is 23.3. The van der Waals surface area contributed by atoms with E-state index < -0.39 is 30.0 Å². The molecule has 0 unspecified atom stereocenters. The molecule has 3 amide bonds. The molecular weight excluding hydrogens is 478 g/mol. The Bertz CT molecular complexity index is 1280. The predicted octanol–water partition coefficient (Wildman–Crippen LogP) is 4.26. The summed E-state index contributed by atoms with van der Waals surface area (Å²) < 4.78 is 5.57. The lowest BCUT2D eigenvalue weighted by atomic mass is 9.86. The summed E-state index contributed by atoms with van der Waals surface area (Å²) in [4.78, 5) is 40.4. The van der Waals surface area contributed by atoms with Gasteiger partial charge in [0, 0.05) is 12.8 Å². The van der Waals surface area contributed by atoms with E-state index in [-0.39, 0.29) is 25.0 Å². The first-order valence-electron chi connectivity index (χ1n) is 12.8. The molecule has 1 aliphatic heterocycles.